The van der Waals surface area contributed by atoms with E-state index in [1.165, 1.54) is 6.07 Å². The molecule has 3 aliphatic heterocycles. The lowest BCUT2D eigenvalue weighted by Gasteiger charge is -2.38. The highest BCUT2D eigenvalue weighted by Gasteiger charge is 2.49. The third-order valence-electron chi connectivity index (χ3n) is 11.3. The molecule has 0 radical (unpaired) electrons. The van der Waals surface area contributed by atoms with E-state index in [9.17, 15) is 35.8 Å². The fourth-order valence-electron chi connectivity index (χ4n) is 8.46. The summed E-state index contributed by atoms with van der Waals surface area (Å²) in [5.74, 6) is -6.07. The van der Waals surface area contributed by atoms with E-state index >= 15 is 8.78 Å². The average molecular weight is 849 g/mol. The molecule has 2 aromatic heterocycles. The Morgan fingerprint density at radius 1 is 0.983 bits per heavy atom. The second-order valence-electron chi connectivity index (χ2n) is 15.9. The maximum absolute atomic E-state index is 17.1. The molecule has 1 aliphatic carbocycles. The van der Waals surface area contributed by atoms with Crippen molar-refractivity contribution in [3.8, 4) is 17.1 Å². The average Bonchev–Trinajstić information content (AvgIpc) is 3.39. The van der Waals surface area contributed by atoms with Gasteiger partial charge in [-0.1, -0.05) is 6.92 Å². The number of carboxylic acid groups (broad SMARTS) is 2. The van der Waals surface area contributed by atoms with Gasteiger partial charge in [0.15, 0.2) is 5.82 Å². The van der Waals surface area contributed by atoms with Crippen molar-refractivity contribution >= 4 is 39.6 Å². The lowest BCUT2D eigenvalue weighted by atomic mass is 9.88. The largest absolute Gasteiger partial charge is 0.490 e. The van der Waals surface area contributed by atoms with E-state index in [0.717, 1.165) is 36.9 Å². The molecule has 4 fully saturated rings. The molecule has 5 heterocycles. The molecule has 322 valence electrons. The normalized spacial score (nSPS) is 25.6. The Labute approximate surface area is 330 Å². The number of nitrogens with zero attached hydrogens (tertiary/aromatic N) is 5. The van der Waals surface area contributed by atoms with Crippen LogP contribution < -0.4 is 9.64 Å². The van der Waals surface area contributed by atoms with Gasteiger partial charge in [-0.3, -0.25) is 10.00 Å². The summed E-state index contributed by atoms with van der Waals surface area (Å²) in [6, 6.07) is 3.29. The van der Waals surface area contributed by atoms with Crippen LogP contribution in [0.1, 0.15) is 69.4 Å². The maximum Gasteiger partial charge on any atom is 0.490 e. The summed E-state index contributed by atoms with van der Waals surface area (Å²) in [7, 11) is 0. The molecule has 0 unspecified atom stereocenters. The lowest BCUT2D eigenvalue weighted by molar-refractivity contribution is -0.193. The van der Waals surface area contributed by atoms with Crippen LogP contribution in [-0.4, -0.2) is 115 Å². The number of fused-ring (bicyclic) bond motifs is 3. The summed E-state index contributed by atoms with van der Waals surface area (Å²) < 4.78 is 118. The number of aromatic nitrogens is 4. The number of aromatic amines is 1. The van der Waals surface area contributed by atoms with Gasteiger partial charge in [0.05, 0.1) is 28.4 Å². The van der Waals surface area contributed by atoms with Crippen molar-refractivity contribution < 1.29 is 69.2 Å². The van der Waals surface area contributed by atoms with Crippen molar-refractivity contribution in [3.05, 3.63) is 41.1 Å². The van der Waals surface area contributed by atoms with Crippen LogP contribution >= 0.6 is 0 Å². The maximum atomic E-state index is 17.1. The molecular weight excluding hydrogens is 807 g/mol. The fourth-order valence-corrected chi connectivity index (χ4v) is 8.46. The lowest BCUT2D eigenvalue weighted by Crippen LogP contribution is -2.46. The van der Waals surface area contributed by atoms with Gasteiger partial charge in [0.1, 0.15) is 29.9 Å². The van der Waals surface area contributed by atoms with E-state index < -0.39 is 53.2 Å². The zero-order chi connectivity index (χ0) is 43.4. The number of hydrogen-bond donors (Lipinski definition) is 4. The molecule has 1 saturated carbocycles. The van der Waals surface area contributed by atoms with Crippen molar-refractivity contribution in [1.82, 2.24) is 25.1 Å². The number of carboxylic acids is 2. The van der Waals surface area contributed by atoms with Gasteiger partial charge in [0.25, 0.3) is 0 Å². The first-order valence-electron chi connectivity index (χ1n) is 18.7. The second-order valence-corrected chi connectivity index (χ2v) is 15.9. The highest BCUT2D eigenvalue weighted by molar-refractivity contribution is 6.01. The SMILES string of the molecule is Cc1cc2[nH]ncc2c(-c2c(F)cc3c(N4CCC[C@@](C)(O)C4)nc(OC[C@@]45CCCN4C[C@H](F)C5)nc3c2F)c1[C@H]1C[C@H]1C.O=C(O)C(F)(F)F.O=C(O)C(F)(F)F. The third-order valence-corrected chi connectivity index (χ3v) is 11.3. The monoisotopic (exact) mass is 848 g/mol. The summed E-state index contributed by atoms with van der Waals surface area (Å²) in [5.41, 5.74) is 1.52. The zero-order valence-corrected chi connectivity index (χ0v) is 31.9. The second kappa shape index (κ2) is 15.9. The number of aliphatic carboxylic acids is 2. The number of piperidine rings is 1. The van der Waals surface area contributed by atoms with Gasteiger partial charge >= 0.3 is 30.3 Å². The van der Waals surface area contributed by atoms with E-state index in [2.05, 4.69) is 27.0 Å². The van der Waals surface area contributed by atoms with Crippen molar-refractivity contribution in [1.29, 1.82) is 0 Å². The number of β-amino-alcohol motifs (C(OH)–C–C–N with tert-alkyl or cyclic N) is 1. The standard InChI is InChI=1S/C34H39F3N6O2.2C2HF3O2/c1-18-10-21(18)26-19(2)11-25-23(14-38-41-25)27(26)28-24(36)12-22-30(29(28)37)39-32(40-31(22)42-8-4-6-33(3,44)16-42)45-17-34-7-5-9-43(34)15-20(35)13-34;2*3-2(4,5)1(6)7/h11-12,14,18,20-21,44H,4-10,13,15-17H2,1-3H3,(H,38,41);2*(H,6,7)/t18-,20-,21+,33-,34+;;/m1../s1. The van der Waals surface area contributed by atoms with E-state index in [1.54, 1.807) is 13.1 Å². The number of aryl methyl sites for hydroxylation is 1. The van der Waals surface area contributed by atoms with E-state index in [0.29, 0.717) is 60.6 Å². The molecule has 0 bridgehead atoms. The van der Waals surface area contributed by atoms with Crippen molar-refractivity contribution in [2.45, 2.75) is 94.9 Å². The number of halogens is 9. The Morgan fingerprint density at radius 3 is 2.20 bits per heavy atom. The number of rotatable bonds is 6. The molecule has 2 aromatic carbocycles. The minimum atomic E-state index is -5.08. The zero-order valence-electron chi connectivity index (χ0n) is 31.9. The molecule has 8 rings (SSSR count). The molecular formula is C38H41F9N6O6. The quantitative estimate of drug-likeness (QED) is 0.143. The minimum Gasteiger partial charge on any atom is -0.475 e. The van der Waals surface area contributed by atoms with Gasteiger partial charge in [-0.2, -0.15) is 41.4 Å². The van der Waals surface area contributed by atoms with Crippen LogP contribution in [0.5, 0.6) is 6.01 Å². The van der Waals surface area contributed by atoms with Gasteiger partial charge in [0.2, 0.25) is 0 Å². The molecule has 0 amide bonds. The minimum absolute atomic E-state index is 0.0311. The number of ether oxygens (including phenoxy) is 1. The topological polar surface area (TPSA) is 165 Å². The number of alkyl halides is 7. The predicted octanol–water partition coefficient (Wildman–Crippen LogP) is 7.46. The smallest absolute Gasteiger partial charge is 0.475 e. The summed E-state index contributed by atoms with van der Waals surface area (Å²) in [5, 5.41) is 33.2. The summed E-state index contributed by atoms with van der Waals surface area (Å²) in [6.07, 6.45) is -5.05. The Bertz CT molecular complexity index is 2230. The number of carbonyl (C=O) groups is 2. The molecule has 4 aliphatic rings. The van der Waals surface area contributed by atoms with Gasteiger partial charge in [-0.15, -0.1) is 0 Å². The molecule has 4 N–H and O–H groups in total. The van der Waals surface area contributed by atoms with Crippen molar-refractivity contribution in [2.24, 2.45) is 5.92 Å². The summed E-state index contributed by atoms with van der Waals surface area (Å²) in [6.45, 7) is 8.08. The molecule has 4 aromatic rings. The Kier molecular flexibility index (Phi) is 11.8. The molecule has 21 heteroatoms. The van der Waals surface area contributed by atoms with Crippen LogP contribution in [0.4, 0.5) is 45.3 Å². The predicted molar refractivity (Wildman–Crippen MR) is 194 cm³/mol. The number of aliphatic hydroxyl groups is 1. The van der Waals surface area contributed by atoms with E-state index in [-0.39, 0.29) is 41.5 Å². The fraction of sp³-hybridized carbons (Fsp3) is 0.553. The number of anilines is 1. The summed E-state index contributed by atoms with van der Waals surface area (Å²) >= 11 is 0. The first-order valence-corrected chi connectivity index (χ1v) is 18.7. The number of hydrogen-bond acceptors (Lipinski definition) is 9. The van der Waals surface area contributed by atoms with Crippen molar-refractivity contribution in [3.63, 3.8) is 0 Å². The van der Waals surface area contributed by atoms with Gasteiger partial charge in [-0.05, 0) is 87.6 Å². The van der Waals surface area contributed by atoms with Crippen LogP contribution in [0.15, 0.2) is 18.3 Å². The first-order chi connectivity index (χ1) is 27.4. The van der Waals surface area contributed by atoms with Crippen LogP contribution in [-0.2, 0) is 9.59 Å². The van der Waals surface area contributed by atoms with Crippen LogP contribution in [0.3, 0.4) is 0 Å². The number of H-pyrrole nitrogens is 1. The van der Waals surface area contributed by atoms with Gasteiger partial charge < -0.3 is 25.0 Å². The van der Waals surface area contributed by atoms with E-state index in [4.69, 9.17) is 29.5 Å². The van der Waals surface area contributed by atoms with E-state index in [1.807, 2.05) is 17.9 Å². The number of nitrogens with one attached hydrogen (secondary N) is 1. The van der Waals surface area contributed by atoms with Gasteiger partial charge in [-0.25, -0.2) is 22.8 Å². The Balaban J connectivity index is 0.000000361. The van der Waals surface area contributed by atoms with Crippen molar-refractivity contribution in [2.75, 3.05) is 37.7 Å². The summed E-state index contributed by atoms with van der Waals surface area (Å²) in [4.78, 5) is 31.1. The van der Waals surface area contributed by atoms with Gasteiger partial charge in [0, 0.05) is 42.4 Å². The Morgan fingerprint density at radius 2 is 1.61 bits per heavy atom. The third kappa shape index (κ3) is 9.14. The highest BCUT2D eigenvalue weighted by atomic mass is 19.4. The van der Waals surface area contributed by atoms with Crippen LogP contribution in [0, 0.1) is 24.5 Å². The highest BCUT2D eigenvalue weighted by Crippen LogP contribution is 2.54. The van der Waals surface area contributed by atoms with Crippen LogP contribution in [0.2, 0.25) is 0 Å². The molecule has 0 spiro atoms. The molecule has 12 nitrogen and oxygen atoms in total. The first kappa shape index (κ1) is 43.7. The molecule has 3 saturated heterocycles. The van der Waals surface area contributed by atoms with Crippen LogP contribution in [0.25, 0.3) is 32.9 Å². The number of benzene rings is 2. The molecule has 5 atom stereocenters. The Hall–Kier alpha value is -4.92. The molecule has 59 heavy (non-hydrogen) atoms.